The Morgan fingerprint density at radius 1 is 1.44 bits per heavy atom. The van der Waals surface area contributed by atoms with Crippen LogP contribution in [0.2, 0.25) is 0 Å². The number of aryl methyl sites for hydroxylation is 1. The van der Waals surface area contributed by atoms with E-state index in [-0.39, 0.29) is 11.9 Å². The van der Waals surface area contributed by atoms with Crippen LogP contribution in [0.25, 0.3) is 6.08 Å². The van der Waals surface area contributed by atoms with E-state index in [1.807, 2.05) is 45.2 Å². The third kappa shape index (κ3) is 5.15. The molecule has 1 atom stereocenters. The standard InChI is InChI=1S/C15H21NO2/c1-11-7-14(6-5-12(2)17)9-15(8-11)18-13(3)10-16-4/h5-9,13,16H,10H2,1-4H3/b6-5+/t13-/m1/s1. The average molecular weight is 247 g/mol. The van der Waals surface area contributed by atoms with Gasteiger partial charge in [0.05, 0.1) is 0 Å². The van der Waals surface area contributed by atoms with Crippen molar-refractivity contribution in [1.82, 2.24) is 5.32 Å². The maximum Gasteiger partial charge on any atom is 0.152 e. The molecule has 0 spiro atoms. The fraction of sp³-hybridized carbons (Fsp3) is 0.400. The van der Waals surface area contributed by atoms with Crippen molar-refractivity contribution in [3.63, 3.8) is 0 Å². The number of likely N-dealkylation sites (N-methyl/N-ethyl adjacent to an activating group) is 1. The average Bonchev–Trinajstić information content (AvgIpc) is 2.25. The molecule has 0 fully saturated rings. The topological polar surface area (TPSA) is 38.3 Å². The van der Waals surface area contributed by atoms with Crippen LogP contribution in [-0.2, 0) is 4.79 Å². The quantitative estimate of drug-likeness (QED) is 0.785. The molecule has 1 aromatic rings. The molecule has 0 bridgehead atoms. The van der Waals surface area contributed by atoms with Gasteiger partial charge in [0.1, 0.15) is 11.9 Å². The van der Waals surface area contributed by atoms with Gasteiger partial charge in [0, 0.05) is 6.54 Å². The summed E-state index contributed by atoms with van der Waals surface area (Å²) in [5.74, 6) is 0.878. The second-order valence-corrected chi connectivity index (χ2v) is 4.51. The highest BCUT2D eigenvalue weighted by Crippen LogP contribution is 2.19. The van der Waals surface area contributed by atoms with E-state index in [1.165, 1.54) is 0 Å². The van der Waals surface area contributed by atoms with Crippen molar-refractivity contribution < 1.29 is 9.53 Å². The van der Waals surface area contributed by atoms with E-state index < -0.39 is 0 Å². The van der Waals surface area contributed by atoms with Crippen molar-refractivity contribution in [3.8, 4) is 5.75 Å². The van der Waals surface area contributed by atoms with E-state index in [0.717, 1.165) is 23.4 Å². The van der Waals surface area contributed by atoms with Gasteiger partial charge < -0.3 is 10.1 Å². The van der Waals surface area contributed by atoms with E-state index in [4.69, 9.17) is 4.74 Å². The van der Waals surface area contributed by atoms with Crippen LogP contribution in [0.5, 0.6) is 5.75 Å². The number of ketones is 1. The SMILES string of the molecule is CNC[C@@H](C)Oc1cc(C)cc(/C=C/C(C)=O)c1. The van der Waals surface area contributed by atoms with Crippen molar-refractivity contribution in [2.24, 2.45) is 0 Å². The number of carbonyl (C=O) groups excluding carboxylic acids is 1. The van der Waals surface area contributed by atoms with Crippen LogP contribution >= 0.6 is 0 Å². The number of hydrogen-bond acceptors (Lipinski definition) is 3. The predicted molar refractivity (Wildman–Crippen MR) is 74.9 cm³/mol. The summed E-state index contributed by atoms with van der Waals surface area (Å²) in [5.41, 5.74) is 2.10. The van der Waals surface area contributed by atoms with Crippen LogP contribution in [0.15, 0.2) is 24.3 Å². The summed E-state index contributed by atoms with van der Waals surface area (Å²) in [5, 5.41) is 3.07. The molecule has 0 unspecified atom stereocenters. The Labute approximate surface area is 109 Å². The molecular formula is C15H21NO2. The van der Waals surface area contributed by atoms with E-state index in [2.05, 4.69) is 5.32 Å². The van der Waals surface area contributed by atoms with Gasteiger partial charge in [-0.3, -0.25) is 4.79 Å². The zero-order valence-corrected chi connectivity index (χ0v) is 11.5. The van der Waals surface area contributed by atoms with Crippen molar-refractivity contribution in [2.45, 2.75) is 26.9 Å². The Morgan fingerprint density at radius 2 is 2.17 bits per heavy atom. The third-order valence-corrected chi connectivity index (χ3v) is 2.41. The molecule has 18 heavy (non-hydrogen) atoms. The maximum atomic E-state index is 10.9. The van der Waals surface area contributed by atoms with Crippen LogP contribution in [-0.4, -0.2) is 25.5 Å². The minimum absolute atomic E-state index is 0.0440. The van der Waals surface area contributed by atoms with Gasteiger partial charge in [-0.05, 0) is 57.2 Å². The smallest absolute Gasteiger partial charge is 0.152 e. The number of hydrogen-bond donors (Lipinski definition) is 1. The van der Waals surface area contributed by atoms with Gasteiger partial charge in [0.2, 0.25) is 0 Å². The van der Waals surface area contributed by atoms with E-state index in [0.29, 0.717) is 0 Å². The lowest BCUT2D eigenvalue weighted by Gasteiger charge is -2.15. The molecule has 98 valence electrons. The van der Waals surface area contributed by atoms with Crippen LogP contribution in [0.3, 0.4) is 0 Å². The summed E-state index contributed by atoms with van der Waals surface area (Å²) >= 11 is 0. The van der Waals surface area contributed by atoms with Gasteiger partial charge in [-0.2, -0.15) is 0 Å². The highest BCUT2D eigenvalue weighted by atomic mass is 16.5. The molecular weight excluding hydrogens is 226 g/mol. The molecule has 0 aliphatic carbocycles. The number of carbonyl (C=O) groups is 1. The largest absolute Gasteiger partial charge is 0.489 e. The van der Waals surface area contributed by atoms with E-state index in [1.54, 1.807) is 13.0 Å². The van der Waals surface area contributed by atoms with Crippen LogP contribution in [0.4, 0.5) is 0 Å². The van der Waals surface area contributed by atoms with Crippen molar-refractivity contribution in [3.05, 3.63) is 35.4 Å². The molecule has 0 heterocycles. The lowest BCUT2D eigenvalue weighted by atomic mass is 10.1. The highest BCUT2D eigenvalue weighted by Gasteiger charge is 2.04. The van der Waals surface area contributed by atoms with Crippen molar-refractivity contribution in [2.75, 3.05) is 13.6 Å². The zero-order chi connectivity index (χ0) is 13.5. The molecule has 3 nitrogen and oxygen atoms in total. The molecule has 0 saturated carbocycles. The number of allylic oxidation sites excluding steroid dienone is 1. The van der Waals surface area contributed by atoms with Gasteiger partial charge in [0.25, 0.3) is 0 Å². The van der Waals surface area contributed by atoms with Crippen LogP contribution in [0.1, 0.15) is 25.0 Å². The summed E-state index contributed by atoms with van der Waals surface area (Å²) in [6.45, 7) is 6.37. The Balaban J connectivity index is 2.83. The first kappa shape index (κ1) is 14.5. The van der Waals surface area contributed by atoms with Gasteiger partial charge in [-0.1, -0.05) is 12.1 Å². The first-order valence-corrected chi connectivity index (χ1v) is 6.13. The molecule has 3 heteroatoms. The first-order chi connectivity index (χ1) is 8.51. The Kier molecular flexibility index (Phi) is 5.59. The molecule has 0 amide bonds. The Bertz CT molecular complexity index is 438. The monoisotopic (exact) mass is 247 g/mol. The fourth-order valence-corrected chi connectivity index (χ4v) is 1.72. The second-order valence-electron chi connectivity index (χ2n) is 4.51. The maximum absolute atomic E-state index is 10.9. The molecule has 1 aromatic carbocycles. The van der Waals surface area contributed by atoms with Gasteiger partial charge >= 0.3 is 0 Å². The summed E-state index contributed by atoms with van der Waals surface area (Å²) < 4.78 is 5.80. The van der Waals surface area contributed by atoms with Gasteiger partial charge in [-0.15, -0.1) is 0 Å². The van der Waals surface area contributed by atoms with Crippen LogP contribution in [0, 0.1) is 6.92 Å². The summed E-state index contributed by atoms with van der Waals surface area (Å²) in [4.78, 5) is 10.9. The first-order valence-electron chi connectivity index (χ1n) is 6.13. The number of benzene rings is 1. The number of nitrogens with one attached hydrogen (secondary N) is 1. The van der Waals surface area contributed by atoms with Gasteiger partial charge in [-0.25, -0.2) is 0 Å². The molecule has 0 radical (unpaired) electrons. The molecule has 1 N–H and O–H groups in total. The molecule has 0 saturated heterocycles. The second kappa shape index (κ2) is 6.97. The van der Waals surface area contributed by atoms with E-state index in [9.17, 15) is 4.79 Å². The number of ether oxygens (including phenoxy) is 1. The summed E-state index contributed by atoms with van der Waals surface area (Å²) in [6, 6.07) is 5.96. The van der Waals surface area contributed by atoms with Crippen LogP contribution < -0.4 is 10.1 Å². The summed E-state index contributed by atoms with van der Waals surface area (Å²) in [6.07, 6.45) is 3.49. The predicted octanol–water partition coefficient (Wildman–Crippen LogP) is 2.58. The normalized spacial score (nSPS) is 12.7. The van der Waals surface area contributed by atoms with Crippen molar-refractivity contribution in [1.29, 1.82) is 0 Å². The lowest BCUT2D eigenvalue weighted by molar-refractivity contribution is -0.112. The molecule has 1 rings (SSSR count). The molecule has 0 aliphatic heterocycles. The minimum atomic E-state index is 0.0440. The Morgan fingerprint density at radius 3 is 2.78 bits per heavy atom. The fourth-order valence-electron chi connectivity index (χ4n) is 1.72. The van der Waals surface area contributed by atoms with Crippen molar-refractivity contribution >= 4 is 11.9 Å². The zero-order valence-electron chi connectivity index (χ0n) is 11.5. The van der Waals surface area contributed by atoms with Gasteiger partial charge in [0.15, 0.2) is 5.78 Å². The minimum Gasteiger partial charge on any atom is -0.489 e. The Hall–Kier alpha value is -1.61. The summed E-state index contributed by atoms with van der Waals surface area (Å²) in [7, 11) is 1.90. The lowest BCUT2D eigenvalue weighted by Crippen LogP contribution is -2.26. The number of rotatable bonds is 6. The van der Waals surface area contributed by atoms with E-state index >= 15 is 0 Å². The highest BCUT2D eigenvalue weighted by molar-refractivity contribution is 5.91. The molecule has 0 aliphatic rings. The third-order valence-electron chi connectivity index (χ3n) is 2.41. The molecule has 0 aromatic heterocycles.